The Kier molecular flexibility index (Phi) is 5.33. The smallest absolute Gasteiger partial charge is 0.323 e. The number of carbonyl (C=O) groups excluding carboxylic acids is 1. The highest BCUT2D eigenvalue weighted by Gasteiger charge is 2.33. The Morgan fingerprint density at radius 3 is 2.43 bits per heavy atom. The fourth-order valence-electron chi connectivity index (χ4n) is 2.91. The summed E-state index contributed by atoms with van der Waals surface area (Å²) in [6, 6.07) is 9.19. The number of benzene rings is 1. The number of methoxy groups -OCH3 is 1. The summed E-state index contributed by atoms with van der Waals surface area (Å²) in [5.41, 5.74) is 0.749. The second-order valence-electron chi connectivity index (χ2n) is 5.32. The van der Waals surface area contributed by atoms with Crippen LogP contribution < -0.4 is 0 Å². The molecule has 1 unspecified atom stereocenters. The summed E-state index contributed by atoms with van der Waals surface area (Å²) in [5.74, 6) is -1.25. The maximum atomic E-state index is 12.7. The van der Waals surface area contributed by atoms with Gasteiger partial charge in [-0.3, -0.25) is 9.59 Å². The number of amides is 1. The highest BCUT2D eigenvalue weighted by molar-refractivity contribution is 5.86. The van der Waals surface area contributed by atoms with Crippen LogP contribution >= 0.6 is 0 Å². The summed E-state index contributed by atoms with van der Waals surface area (Å²) < 4.78 is 5.34. The van der Waals surface area contributed by atoms with Gasteiger partial charge >= 0.3 is 5.97 Å². The normalized spacial score (nSPS) is 16.6. The van der Waals surface area contributed by atoms with Gasteiger partial charge in [0.05, 0.1) is 0 Å². The van der Waals surface area contributed by atoms with Crippen LogP contribution in [0.25, 0.3) is 0 Å². The maximum absolute atomic E-state index is 12.7. The predicted octanol–water partition coefficient (Wildman–Crippen LogP) is 2.23. The number of carboxylic acid groups (broad SMARTS) is 1. The summed E-state index contributed by atoms with van der Waals surface area (Å²) in [6.07, 6.45) is 3.06. The third-order valence-corrected chi connectivity index (χ3v) is 3.92. The van der Waals surface area contributed by atoms with E-state index in [0.29, 0.717) is 0 Å². The van der Waals surface area contributed by atoms with E-state index in [1.807, 2.05) is 30.3 Å². The summed E-state index contributed by atoms with van der Waals surface area (Å²) in [6.45, 7) is -0.268. The molecule has 0 radical (unpaired) electrons. The molecule has 1 aromatic carbocycles. The first-order valence-electron chi connectivity index (χ1n) is 7.23. The molecule has 1 amide bonds. The van der Waals surface area contributed by atoms with Crippen LogP contribution in [0.2, 0.25) is 0 Å². The Hall–Kier alpha value is -1.88. The van der Waals surface area contributed by atoms with Crippen LogP contribution in [0.4, 0.5) is 0 Å². The molecule has 5 nitrogen and oxygen atoms in total. The monoisotopic (exact) mass is 291 g/mol. The Morgan fingerprint density at radius 1 is 1.29 bits per heavy atom. The van der Waals surface area contributed by atoms with Crippen molar-refractivity contribution in [3.05, 3.63) is 35.9 Å². The molecule has 114 valence electrons. The SMILES string of the molecule is COC(C(=O)N(CC(=O)O)C1CCCC1)c1ccccc1. The number of nitrogens with zero attached hydrogens (tertiary/aromatic N) is 1. The molecule has 1 fully saturated rings. The molecular weight excluding hydrogens is 270 g/mol. The number of carboxylic acids is 1. The van der Waals surface area contributed by atoms with E-state index < -0.39 is 12.1 Å². The zero-order valence-electron chi connectivity index (χ0n) is 12.2. The number of carbonyl (C=O) groups is 2. The third-order valence-electron chi connectivity index (χ3n) is 3.92. The van der Waals surface area contributed by atoms with E-state index >= 15 is 0 Å². The van der Waals surface area contributed by atoms with Gasteiger partial charge in [-0.1, -0.05) is 43.2 Å². The number of hydrogen-bond acceptors (Lipinski definition) is 3. The van der Waals surface area contributed by atoms with Crippen LogP contribution in [-0.2, 0) is 14.3 Å². The van der Waals surface area contributed by atoms with Gasteiger partial charge in [0.15, 0.2) is 6.10 Å². The van der Waals surface area contributed by atoms with Gasteiger partial charge < -0.3 is 14.7 Å². The van der Waals surface area contributed by atoms with Crippen LogP contribution in [0, 0.1) is 0 Å². The summed E-state index contributed by atoms with van der Waals surface area (Å²) in [7, 11) is 1.48. The zero-order valence-corrected chi connectivity index (χ0v) is 12.2. The molecule has 0 aromatic heterocycles. The van der Waals surface area contributed by atoms with Crippen molar-refractivity contribution < 1.29 is 19.4 Å². The fourth-order valence-corrected chi connectivity index (χ4v) is 2.91. The average Bonchev–Trinajstić information content (AvgIpc) is 3.00. The summed E-state index contributed by atoms with van der Waals surface area (Å²) >= 11 is 0. The van der Waals surface area contributed by atoms with Crippen LogP contribution in [0.15, 0.2) is 30.3 Å². The fraction of sp³-hybridized carbons (Fsp3) is 0.500. The van der Waals surface area contributed by atoms with E-state index in [9.17, 15) is 9.59 Å². The van der Waals surface area contributed by atoms with E-state index in [0.717, 1.165) is 31.2 Å². The van der Waals surface area contributed by atoms with Crippen molar-refractivity contribution in [3.63, 3.8) is 0 Å². The van der Waals surface area contributed by atoms with Crippen molar-refractivity contribution in [2.45, 2.75) is 37.8 Å². The van der Waals surface area contributed by atoms with Crippen molar-refractivity contribution in [2.24, 2.45) is 0 Å². The lowest BCUT2D eigenvalue weighted by molar-refractivity contribution is -0.152. The number of aliphatic carboxylic acids is 1. The molecule has 2 rings (SSSR count). The second-order valence-corrected chi connectivity index (χ2v) is 5.32. The van der Waals surface area contributed by atoms with Gasteiger partial charge in [0.1, 0.15) is 6.54 Å². The number of hydrogen-bond donors (Lipinski definition) is 1. The molecule has 0 saturated heterocycles. The van der Waals surface area contributed by atoms with Gasteiger partial charge in [0.2, 0.25) is 0 Å². The topological polar surface area (TPSA) is 66.8 Å². The molecule has 1 N–H and O–H groups in total. The summed E-state index contributed by atoms with van der Waals surface area (Å²) in [5, 5.41) is 9.08. The molecule has 0 heterocycles. The van der Waals surface area contributed by atoms with Crippen molar-refractivity contribution in [2.75, 3.05) is 13.7 Å². The molecule has 5 heteroatoms. The van der Waals surface area contributed by atoms with Gasteiger partial charge in [0, 0.05) is 13.2 Å². The molecular formula is C16H21NO4. The van der Waals surface area contributed by atoms with Crippen LogP contribution in [-0.4, -0.2) is 41.6 Å². The van der Waals surface area contributed by atoms with Crippen molar-refractivity contribution in [1.29, 1.82) is 0 Å². The Morgan fingerprint density at radius 2 is 1.90 bits per heavy atom. The quantitative estimate of drug-likeness (QED) is 0.872. The van der Waals surface area contributed by atoms with E-state index in [2.05, 4.69) is 0 Å². The van der Waals surface area contributed by atoms with Gasteiger partial charge in [-0.2, -0.15) is 0 Å². The van der Waals surface area contributed by atoms with Gasteiger partial charge in [0.25, 0.3) is 5.91 Å². The van der Waals surface area contributed by atoms with Gasteiger partial charge in [-0.05, 0) is 18.4 Å². The lowest BCUT2D eigenvalue weighted by Crippen LogP contribution is -2.45. The van der Waals surface area contributed by atoms with Gasteiger partial charge in [-0.15, -0.1) is 0 Å². The van der Waals surface area contributed by atoms with E-state index in [-0.39, 0.29) is 18.5 Å². The molecule has 1 saturated carbocycles. The molecule has 0 spiro atoms. The maximum Gasteiger partial charge on any atom is 0.323 e. The third kappa shape index (κ3) is 3.82. The lowest BCUT2D eigenvalue weighted by atomic mass is 10.1. The molecule has 1 aromatic rings. The first-order valence-corrected chi connectivity index (χ1v) is 7.23. The summed E-state index contributed by atoms with van der Waals surface area (Å²) in [4.78, 5) is 25.3. The molecule has 0 bridgehead atoms. The molecule has 21 heavy (non-hydrogen) atoms. The molecule has 1 aliphatic rings. The minimum atomic E-state index is -0.988. The van der Waals surface area contributed by atoms with Crippen molar-refractivity contribution >= 4 is 11.9 Å². The highest BCUT2D eigenvalue weighted by atomic mass is 16.5. The average molecular weight is 291 g/mol. The molecule has 0 aliphatic heterocycles. The first kappa shape index (κ1) is 15.5. The van der Waals surface area contributed by atoms with Crippen LogP contribution in [0.1, 0.15) is 37.4 Å². The second kappa shape index (κ2) is 7.22. The van der Waals surface area contributed by atoms with Crippen LogP contribution in [0.5, 0.6) is 0 Å². The van der Waals surface area contributed by atoms with Gasteiger partial charge in [-0.25, -0.2) is 0 Å². The Balaban J connectivity index is 2.20. The minimum Gasteiger partial charge on any atom is -0.480 e. The largest absolute Gasteiger partial charge is 0.480 e. The first-order chi connectivity index (χ1) is 10.1. The Labute approximate surface area is 124 Å². The van der Waals surface area contributed by atoms with Crippen molar-refractivity contribution in [3.8, 4) is 0 Å². The van der Waals surface area contributed by atoms with Crippen LogP contribution in [0.3, 0.4) is 0 Å². The standard InChI is InChI=1S/C16H21NO4/c1-21-15(12-7-3-2-4-8-12)16(20)17(11-14(18)19)13-9-5-6-10-13/h2-4,7-8,13,15H,5-6,9-11H2,1H3,(H,18,19). The van der Waals surface area contributed by atoms with E-state index in [1.54, 1.807) is 0 Å². The van der Waals surface area contributed by atoms with Crippen molar-refractivity contribution in [1.82, 2.24) is 4.90 Å². The number of rotatable bonds is 6. The minimum absolute atomic E-state index is 0.00922. The Bertz CT molecular complexity index is 482. The molecule has 1 aliphatic carbocycles. The van der Waals surface area contributed by atoms with E-state index in [4.69, 9.17) is 9.84 Å². The lowest BCUT2D eigenvalue weighted by Gasteiger charge is -2.30. The van der Waals surface area contributed by atoms with E-state index in [1.165, 1.54) is 12.0 Å². The predicted molar refractivity (Wildman–Crippen MR) is 77.8 cm³/mol. The molecule has 1 atom stereocenters. The highest BCUT2D eigenvalue weighted by Crippen LogP contribution is 2.27. The zero-order chi connectivity index (χ0) is 15.2. The number of ether oxygens (including phenoxy) is 1.